The molecule has 44 heavy (non-hydrogen) atoms. The van der Waals surface area contributed by atoms with E-state index in [4.69, 9.17) is 9.97 Å². The number of hydrogen-bond acceptors (Lipinski definition) is 3. The molecule has 0 aliphatic heterocycles. The van der Waals surface area contributed by atoms with Gasteiger partial charge in [0.05, 0.1) is 16.6 Å². The zero-order valence-corrected chi connectivity index (χ0v) is 24.3. The number of benzene rings is 6. The zero-order valence-electron chi connectivity index (χ0n) is 24.3. The maximum Gasteiger partial charge on any atom is 0.236 e. The summed E-state index contributed by atoms with van der Waals surface area (Å²) in [5.41, 5.74) is 10.8. The van der Waals surface area contributed by atoms with Crippen molar-refractivity contribution in [3.63, 3.8) is 0 Å². The van der Waals surface area contributed by atoms with Gasteiger partial charge in [0.25, 0.3) is 0 Å². The lowest BCUT2D eigenvalue weighted by atomic mass is 9.81. The highest BCUT2D eigenvalue weighted by molar-refractivity contribution is 6.21. The molecule has 6 aromatic carbocycles. The van der Waals surface area contributed by atoms with Crippen molar-refractivity contribution in [2.45, 2.75) is 19.3 Å². The average Bonchev–Trinajstić information content (AvgIpc) is 3.52. The highest BCUT2D eigenvalue weighted by Gasteiger charge is 2.35. The smallest absolute Gasteiger partial charge is 0.236 e. The molecule has 0 atom stereocenters. The van der Waals surface area contributed by atoms with Crippen LogP contribution in [0.2, 0.25) is 0 Å². The van der Waals surface area contributed by atoms with Crippen LogP contribution in [0.15, 0.2) is 121 Å². The first-order valence-corrected chi connectivity index (χ1v) is 14.9. The molecule has 1 aliphatic carbocycles. The molecule has 0 radical (unpaired) electrons. The Morgan fingerprint density at radius 3 is 2.20 bits per heavy atom. The molecule has 0 spiro atoms. The third-order valence-electron chi connectivity index (χ3n) is 9.47. The van der Waals surface area contributed by atoms with Gasteiger partial charge in [0.2, 0.25) is 5.95 Å². The number of fused-ring (bicyclic) bond motifs is 9. The van der Waals surface area contributed by atoms with E-state index in [0.717, 1.165) is 38.3 Å². The van der Waals surface area contributed by atoms with E-state index in [0.29, 0.717) is 11.6 Å². The van der Waals surface area contributed by atoms with Crippen LogP contribution in [-0.4, -0.2) is 14.5 Å². The molecule has 2 aromatic heterocycles. The first kappa shape index (κ1) is 24.8. The number of para-hydroxylation sites is 1. The van der Waals surface area contributed by atoms with Gasteiger partial charge in [-0.05, 0) is 80.6 Å². The molecule has 2 heterocycles. The van der Waals surface area contributed by atoms with Crippen molar-refractivity contribution in [1.82, 2.24) is 14.5 Å². The van der Waals surface area contributed by atoms with Crippen molar-refractivity contribution in [2.75, 3.05) is 0 Å². The topological polar surface area (TPSA) is 54.5 Å². The summed E-state index contributed by atoms with van der Waals surface area (Å²) in [5, 5.41) is 15.4. The van der Waals surface area contributed by atoms with Crippen molar-refractivity contribution in [1.29, 1.82) is 5.26 Å². The quantitative estimate of drug-likeness (QED) is 0.211. The maximum absolute atomic E-state index is 10.00. The Balaban J connectivity index is 1.32. The summed E-state index contributed by atoms with van der Waals surface area (Å²) in [6, 6.07) is 45.2. The Morgan fingerprint density at radius 2 is 1.32 bits per heavy atom. The fraction of sp³-hybridized carbons (Fsp3) is 0.0750. The van der Waals surface area contributed by atoms with Crippen LogP contribution in [0.3, 0.4) is 0 Å². The van der Waals surface area contributed by atoms with E-state index in [9.17, 15) is 5.26 Å². The molecular weight excluding hydrogens is 536 g/mol. The van der Waals surface area contributed by atoms with E-state index >= 15 is 0 Å². The standard InChI is InChI=1S/C40H26N4/c1-40(2)32-13-7-5-11-28(32)29-18-15-26(22-33(29)40)25-17-19-36-31(21-25)38-27-10-4-3-9-24(27)16-20-37(38)44(36)39-42-34-14-8-6-12-30(34)35(23-41)43-39/h3-22H,1-2H3. The Labute approximate surface area is 254 Å². The van der Waals surface area contributed by atoms with Crippen LogP contribution in [0.1, 0.15) is 30.7 Å². The monoisotopic (exact) mass is 562 g/mol. The molecule has 0 unspecified atom stereocenters. The van der Waals surface area contributed by atoms with Crippen LogP contribution in [-0.2, 0) is 5.41 Å². The molecule has 0 amide bonds. The summed E-state index contributed by atoms with van der Waals surface area (Å²) < 4.78 is 2.11. The third-order valence-corrected chi connectivity index (χ3v) is 9.47. The van der Waals surface area contributed by atoms with Gasteiger partial charge in [0, 0.05) is 21.6 Å². The van der Waals surface area contributed by atoms with Crippen molar-refractivity contribution < 1.29 is 0 Å². The minimum absolute atomic E-state index is 0.0653. The fourth-order valence-electron chi connectivity index (χ4n) is 7.32. The molecule has 1 aliphatic rings. The molecule has 0 bridgehead atoms. The summed E-state index contributed by atoms with van der Waals surface area (Å²) in [6.07, 6.45) is 0. The molecule has 206 valence electrons. The maximum atomic E-state index is 10.00. The van der Waals surface area contributed by atoms with E-state index in [-0.39, 0.29) is 5.41 Å². The van der Waals surface area contributed by atoms with Crippen LogP contribution in [0, 0.1) is 11.3 Å². The Hall–Kier alpha value is -5.79. The third kappa shape index (κ3) is 3.32. The lowest BCUT2D eigenvalue weighted by molar-refractivity contribution is 0.660. The largest absolute Gasteiger partial charge is 0.278 e. The second-order valence-electron chi connectivity index (χ2n) is 12.2. The van der Waals surface area contributed by atoms with Gasteiger partial charge in [-0.1, -0.05) is 98.8 Å². The SMILES string of the molecule is CC1(C)c2ccccc2-c2ccc(-c3ccc4c(c3)c3c5ccccc5ccc3n4-c3nc(C#N)c4ccccc4n3)cc21. The minimum atomic E-state index is -0.0653. The van der Waals surface area contributed by atoms with Gasteiger partial charge < -0.3 is 0 Å². The number of rotatable bonds is 2. The number of aromatic nitrogens is 3. The molecule has 0 saturated carbocycles. The van der Waals surface area contributed by atoms with Crippen molar-refractivity contribution >= 4 is 43.5 Å². The van der Waals surface area contributed by atoms with Gasteiger partial charge >= 0.3 is 0 Å². The first-order chi connectivity index (χ1) is 21.5. The van der Waals surface area contributed by atoms with E-state index in [1.165, 1.54) is 38.6 Å². The summed E-state index contributed by atoms with van der Waals surface area (Å²) >= 11 is 0. The minimum Gasteiger partial charge on any atom is -0.278 e. The molecule has 0 saturated heterocycles. The van der Waals surface area contributed by atoms with Gasteiger partial charge in [-0.15, -0.1) is 0 Å². The van der Waals surface area contributed by atoms with E-state index in [1.807, 2.05) is 24.3 Å². The molecular formula is C40H26N4. The van der Waals surface area contributed by atoms with Gasteiger partial charge in [-0.25, -0.2) is 9.97 Å². The van der Waals surface area contributed by atoms with Crippen LogP contribution in [0.4, 0.5) is 0 Å². The summed E-state index contributed by atoms with van der Waals surface area (Å²) in [6.45, 7) is 4.65. The van der Waals surface area contributed by atoms with Crippen molar-refractivity contribution in [2.24, 2.45) is 0 Å². The van der Waals surface area contributed by atoms with Crippen LogP contribution >= 0.6 is 0 Å². The normalized spacial score (nSPS) is 13.4. The number of nitrogens with zero attached hydrogens (tertiary/aromatic N) is 4. The van der Waals surface area contributed by atoms with E-state index < -0.39 is 0 Å². The second-order valence-corrected chi connectivity index (χ2v) is 12.2. The lowest BCUT2D eigenvalue weighted by Crippen LogP contribution is -2.14. The zero-order chi connectivity index (χ0) is 29.6. The number of nitriles is 1. The molecule has 0 N–H and O–H groups in total. The number of hydrogen-bond donors (Lipinski definition) is 0. The van der Waals surface area contributed by atoms with Crippen molar-refractivity contribution in [3.05, 3.63) is 138 Å². The highest BCUT2D eigenvalue weighted by atomic mass is 15.2. The molecule has 4 heteroatoms. The van der Waals surface area contributed by atoms with Crippen LogP contribution in [0.25, 0.3) is 71.7 Å². The molecule has 0 fully saturated rings. The average molecular weight is 563 g/mol. The van der Waals surface area contributed by atoms with Gasteiger partial charge in [0.15, 0.2) is 5.69 Å². The molecule has 9 rings (SSSR count). The first-order valence-electron chi connectivity index (χ1n) is 14.9. The Kier molecular flexibility index (Phi) is 4.99. The Morgan fingerprint density at radius 1 is 0.614 bits per heavy atom. The van der Waals surface area contributed by atoms with E-state index in [1.54, 1.807) is 0 Å². The fourth-order valence-corrected chi connectivity index (χ4v) is 7.32. The lowest BCUT2D eigenvalue weighted by Gasteiger charge is -2.22. The second kappa shape index (κ2) is 8.86. The van der Waals surface area contributed by atoms with Gasteiger partial charge in [-0.3, -0.25) is 4.57 Å². The Bertz CT molecular complexity index is 2550. The predicted octanol–water partition coefficient (Wildman–Crippen LogP) is 9.73. The highest BCUT2D eigenvalue weighted by Crippen LogP contribution is 2.49. The molecule has 8 aromatic rings. The predicted molar refractivity (Wildman–Crippen MR) is 179 cm³/mol. The molecule has 4 nitrogen and oxygen atoms in total. The van der Waals surface area contributed by atoms with Gasteiger partial charge in [0.1, 0.15) is 6.07 Å². The van der Waals surface area contributed by atoms with Gasteiger partial charge in [-0.2, -0.15) is 5.26 Å². The summed E-state index contributed by atoms with van der Waals surface area (Å²) in [5.74, 6) is 0.500. The summed E-state index contributed by atoms with van der Waals surface area (Å²) in [7, 11) is 0. The van der Waals surface area contributed by atoms with Crippen LogP contribution in [0.5, 0.6) is 0 Å². The van der Waals surface area contributed by atoms with Crippen molar-refractivity contribution in [3.8, 4) is 34.3 Å². The van der Waals surface area contributed by atoms with Crippen LogP contribution < -0.4 is 0 Å². The van der Waals surface area contributed by atoms with E-state index in [2.05, 4.69) is 122 Å². The summed E-state index contributed by atoms with van der Waals surface area (Å²) in [4.78, 5) is 9.75.